The van der Waals surface area contributed by atoms with Gasteiger partial charge in [-0.05, 0) is 25.1 Å². The molecule has 30 heavy (non-hydrogen) atoms. The second-order valence-electron chi connectivity index (χ2n) is 7.34. The normalized spacial score (nSPS) is 12.2. The molecular weight excluding hydrogens is 398 g/mol. The molecule has 1 aromatic heterocycles. The molecule has 4 aromatic rings. The van der Waals surface area contributed by atoms with E-state index in [1.807, 2.05) is 30.3 Å². The van der Waals surface area contributed by atoms with Gasteiger partial charge in [-0.25, -0.2) is 0 Å². The number of benzene rings is 3. The average Bonchev–Trinajstić information content (AvgIpc) is 2.76. The molecule has 0 aliphatic carbocycles. The highest BCUT2D eigenvalue weighted by atomic mass is 35.5. The Kier molecular flexibility index (Phi) is 5.88. The molecule has 0 radical (unpaired) electrons. The van der Waals surface area contributed by atoms with Crippen LogP contribution < -0.4 is 10.3 Å². The summed E-state index contributed by atoms with van der Waals surface area (Å²) in [6, 6.07) is 20.6. The van der Waals surface area contributed by atoms with Crippen LogP contribution >= 0.6 is 11.6 Å². The van der Waals surface area contributed by atoms with Crippen molar-refractivity contribution in [1.29, 1.82) is 0 Å². The lowest BCUT2D eigenvalue weighted by molar-refractivity contribution is -0.925. The topological polar surface area (TPSA) is 54.9 Å². The van der Waals surface area contributed by atoms with Gasteiger partial charge in [0.1, 0.15) is 30.7 Å². The third-order valence-corrected chi connectivity index (χ3v) is 5.74. The van der Waals surface area contributed by atoms with Crippen molar-refractivity contribution in [1.82, 2.24) is 0 Å². The zero-order valence-electron chi connectivity index (χ0n) is 16.7. The molecule has 1 unspecified atom stereocenters. The van der Waals surface area contributed by atoms with Crippen LogP contribution in [0.1, 0.15) is 18.1 Å². The van der Waals surface area contributed by atoms with Crippen molar-refractivity contribution < 1.29 is 14.4 Å². The summed E-state index contributed by atoms with van der Waals surface area (Å²) in [7, 11) is 0. The van der Waals surface area contributed by atoms with Crippen molar-refractivity contribution in [2.75, 3.05) is 6.54 Å². The molecule has 5 heteroatoms. The van der Waals surface area contributed by atoms with Crippen molar-refractivity contribution in [3.05, 3.63) is 99.4 Å². The number of phenolic OH excluding ortho intramolecular Hbond substituents is 1. The number of rotatable bonds is 6. The maximum Gasteiger partial charge on any atom is 0.200 e. The molecule has 0 saturated heterocycles. The molecule has 3 aromatic carbocycles. The van der Waals surface area contributed by atoms with Gasteiger partial charge < -0.3 is 14.4 Å². The molecule has 1 atom stereocenters. The highest BCUT2D eigenvalue weighted by Crippen LogP contribution is 2.30. The first-order valence-corrected chi connectivity index (χ1v) is 10.3. The summed E-state index contributed by atoms with van der Waals surface area (Å²) in [5.41, 5.74) is 3.17. The SMILES string of the molecule is CC[NH+](Cc1ccccc1)Cc1c(O)ccc2c(=O)c(-c3ccccc3Cl)coc12. The van der Waals surface area contributed by atoms with Gasteiger partial charge in [0.05, 0.1) is 23.1 Å². The molecule has 1 heterocycles. The van der Waals surface area contributed by atoms with Crippen molar-refractivity contribution in [2.45, 2.75) is 20.0 Å². The monoisotopic (exact) mass is 420 g/mol. The fourth-order valence-electron chi connectivity index (χ4n) is 3.73. The van der Waals surface area contributed by atoms with Crippen LogP contribution in [0.25, 0.3) is 22.1 Å². The van der Waals surface area contributed by atoms with Crippen LogP contribution in [0, 0.1) is 0 Å². The lowest BCUT2D eigenvalue weighted by Gasteiger charge is -2.19. The fraction of sp³-hybridized carbons (Fsp3) is 0.160. The summed E-state index contributed by atoms with van der Waals surface area (Å²) >= 11 is 6.28. The predicted molar refractivity (Wildman–Crippen MR) is 120 cm³/mol. The van der Waals surface area contributed by atoms with Crippen LogP contribution in [0.4, 0.5) is 0 Å². The molecule has 2 N–H and O–H groups in total. The van der Waals surface area contributed by atoms with Crippen molar-refractivity contribution >= 4 is 22.6 Å². The summed E-state index contributed by atoms with van der Waals surface area (Å²) in [5, 5.41) is 11.5. The summed E-state index contributed by atoms with van der Waals surface area (Å²) in [6.07, 6.45) is 1.44. The largest absolute Gasteiger partial charge is 0.507 e. The second-order valence-corrected chi connectivity index (χ2v) is 7.75. The van der Waals surface area contributed by atoms with Gasteiger partial charge in [0.15, 0.2) is 0 Å². The Morgan fingerprint density at radius 1 is 0.933 bits per heavy atom. The van der Waals surface area contributed by atoms with E-state index in [4.69, 9.17) is 16.0 Å². The van der Waals surface area contributed by atoms with E-state index in [1.165, 1.54) is 16.7 Å². The van der Waals surface area contributed by atoms with Crippen LogP contribution in [-0.2, 0) is 13.1 Å². The molecule has 4 rings (SSSR count). The number of hydrogen-bond acceptors (Lipinski definition) is 3. The Balaban J connectivity index is 1.75. The zero-order valence-corrected chi connectivity index (χ0v) is 17.4. The summed E-state index contributed by atoms with van der Waals surface area (Å²) in [4.78, 5) is 14.4. The number of halogens is 1. The van der Waals surface area contributed by atoms with Gasteiger partial charge in [0.2, 0.25) is 5.43 Å². The van der Waals surface area contributed by atoms with Crippen LogP contribution in [0.5, 0.6) is 5.75 Å². The standard InChI is InChI=1S/C25H22ClNO3/c1-2-27(14-17-8-4-3-5-9-17)15-20-23(28)13-12-19-24(29)21(16-30-25(19)20)18-10-6-7-11-22(18)26/h3-13,16,28H,2,14-15H2,1H3/p+1. The summed E-state index contributed by atoms with van der Waals surface area (Å²) in [6.45, 7) is 4.33. The van der Waals surface area contributed by atoms with E-state index < -0.39 is 0 Å². The Hall–Kier alpha value is -3.08. The highest BCUT2D eigenvalue weighted by molar-refractivity contribution is 6.33. The van der Waals surface area contributed by atoms with Crippen molar-refractivity contribution in [3.63, 3.8) is 0 Å². The van der Waals surface area contributed by atoms with Crippen molar-refractivity contribution in [3.8, 4) is 16.9 Å². The quantitative estimate of drug-likeness (QED) is 0.485. The lowest BCUT2D eigenvalue weighted by Crippen LogP contribution is -3.09. The van der Waals surface area contributed by atoms with Crippen LogP contribution in [-0.4, -0.2) is 11.7 Å². The molecular formula is C25H23ClNO3+. The minimum Gasteiger partial charge on any atom is -0.507 e. The van der Waals surface area contributed by atoms with E-state index in [9.17, 15) is 9.90 Å². The van der Waals surface area contributed by atoms with Gasteiger partial charge >= 0.3 is 0 Å². The Morgan fingerprint density at radius 3 is 2.40 bits per heavy atom. The van der Waals surface area contributed by atoms with Crippen LogP contribution in [0.3, 0.4) is 0 Å². The van der Waals surface area contributed by atoms with E-state index >= 15 is 0 Å². The molecule has 0 saturated carbocycles. The van der Waals surface area contributed by atoms with Gasteiger partial charge in [-0.1, -0.05) is 60.1 Å². The molecule has 152 valence electrons. The fourth-order valence-corrected chi connectivity index (χ4v) is 3.97. The Bertz CT molecular complexity index is 1230. The maximum atomic E-state index is 13.2. The first kappa shape index (κ1) is 20.2. The lowest BCUT2D eigenvalue weighted by atomic mass is 10.0. The smallest absolute Gasteiger partial charge is 0.200 e. The number of nitrogens with one attached hydrogen (secondary N) is 1. The molecule has 4 nitrogen and oxygen atoms in total. The van der Waals surface area contributed by atoms with Gasteiger partial charge in [0, 0.05) is 16.1 Å². The zero-order chi connectivity index (χ0) is 21.1. The third kappa shape index (κ3) is 3.97. The molecule has 0 aliphatic rings. The van der Waals surface area contributed by atoms with Gasteiger partial charge in [-0.15, -0.1) is 0 Å². The molecule has 0 aliphatic heterocycles. The van der Waals surface area contributed by atoms with E-state index in [0.717, 1.165) is 13.1 Å². The predicted octanol–water partition coefficient (Wildman–Crippen LogP) is 4.42. The molecule has 0 bridgehead atoms. The average molecular weight is 421 g/mol. The Morgan fingerprint density at radius 2 is 1.67 bits per heavy atom. The molecule has 0 fully saturated rings. The van der Waals surface area contributed by atoms with Gasteiger partial charge in [-0.2, -0.15) is 0 Å². The second kappa shape index (κ2) is 8.74. The number of quaternary nitrogens is 1. The Labute approximate surface area is 180 Å². The van der Waals surface area contributed by atoms with E-state index in [-0.39, 0.29) is 11.2 Å². The number of hydrogen-bond donors (Lipinski definition) is 2. The minimum absolute atomic E-state index is 0.134. The van der Waals surface area contributed by atoms with Gasteiger partial charge in [0.25, 0.3) is 0 Å². The first-order chi connectivity index (χ1) is 14.6. The van der Waals surface area contributed by atoms with Crippen molar-refractivity contribution in [2.24, 2.45) is 0 Å². The minimum atomic E-state index is -0.160. The van der Waals surface area contributed by atoms with Crippen LogP contribution in [0.2, 0.25) is 5.02 Å². The molecule has 0 spiro atoms. The number of aromatic hydroxyl groups is 1. The highest BCUT2D eigenvalue weighted by Gasteiger charge is 2.19. The number of phenols is 1. The van der Waals surface area contributed by atoms with E-state index in [2.05, 4.69) is 19.1 Å². The van der Waals surface area contributed by atoms with Crippen LogP contribution in [0.15, 0.2) is 82.2 Å². The number of fused-ring (bicyclic) bond motifs is 1. The first-order valence-electron chi connectivity index (χ1n) is 9.97. The third-order valence-electron chi connectivity index (χ3n) is 5.41. The molecule has 0 amide bonds. The van der Waals surface area contributed by atoms with E-state index in [1.54, 1.807) is 24.3 Å². The summed E-state index contributed by atoms with van der Waals surface area (Å²) in [5.74, 6) is 0.134. The summed E-state index contributed by atoms with van der Waals surface area (Å²) < 4.78 is 5.91. The van der Waals surface area contributed by atoms with Gasteiger partial charge in [-0.3, -0.25) is 4.79 Å². The van der Waals surface area contributed by atoms with E-state index in [0.29, 0.717) is 39.2 Å². The maximum absolute atomic E-state index is 13.2.